The fraction of sp³-hybridized carbons (Fsp3) is 0.188. The third-order valence-electron chi connectivity index (χ3n) is 3.02. The molecule has 0 radical (unpaired) electrons. The Labute approximate surface area is 118 Å². The highest BCUT2D eigenvalue weighted by molar-refractivity contribution is 6.30. The van der Waals surface area contributed by atoms with Gasteiger partial charge in [0.2, 0.25) is 0 Å². The summed E-state index contributed by atoms with van der Waals surface area (Å²) in [5.74, 6) is 0.189. The summed E-state index contributed by atoms with van der Waals surface area (Å²) in [5, 5.41) is 3.50. The molecule has 0 spiro atoms. The van der Waals surface area contributed by atoms with E-state index in [0.29, 0.717) is 17.1 Å². The van der Waals surface area contributed by atoms with Gasteiger partial charge in [0.15, 0.2) is 0 Å². The van der Waals surface area contributed by atoms with Crippen LogP contribution in [0.3, 0.4) is 0 Å². The van der Waals surface area contributed by atoms with Crippen LogP contribution in [0.15, 0.2) is 54.6 Å². The highest BCUT2D eigenvalue weighted by Crippen LogP contribution is 2.14. The van der Waals surface area contributed by atoms with Crippen LogP contribution < -0.4 is 5.32 Å². The van der Waals surface area contributed by atoms with E-state index in [0.717, 1.165) is 0 Å². The van der Waals surface area contributed by atoms with Gasteiger partial charge in [-0.1, -0.05) is 54.9 Å². The first-order valence-corrected chi connectivity index (χ1v) is 6.63. The lowest BCUT2D eigenvalue weighted by Gasteiger charge is -2.13. The minimum absolute atomic E-state index is 0.0923. The van der Waals surface area contributed by atoms with Crippen molar-refractivity contribution in [1.29, 1.82) is 0 Å². The van der Waals surface area contributed by atoms with Crippen molar-refractivity contribution in [3.63, 3.8) is 0 Å². The second-order valence-corrected chi connectivity index (χ2v) is 4.97. The van der Waals surface area contributed by atoms with Crippen LogP contribution in [0.2, 0.25) is 5.02 Å². The van der Waals surface area contributed by atoms with E-state index in [-0.39, 0.29) is 11.8 Å². The molecule has 0 saturated heterocycles. The van der Waals surface area contributed by atoms with Crippen molar-refractivity contribution in [2.45, 2.75) is 12.8 Å². The quantitative estimate of drug-likeness (QED) is 0.900. The molecule has 0 aliphatic rings. The van der Waals surface area contributed by atoms with Crippen LogP contribution in [0, 0.1) is 0 Å². The topological polar surface area (TPSA) is 29.1 Å². The molecule has 0 aliphatic heterocycles. The van der Waals surface area contributed by atoms with Gasteiger partial charge in [0.25, 0.3) is 5.91 Å². The van der Waals surface area contributed by atoms with Crippen LogP contribution in [0.1, 0.15) is 28.8 Å². The predicted molar refractivity (Wildman–Crippen MR) is 78.6 cm³/mol. The Morgan fingerprint density at radius 3 is 2.58 bits per heavy atom. The number of nitrogens with one attached hydrogen (secondary N) is 1. The van der Waals surface area contributed by atoms with E-state index in [9.17, 15) is 4.79 Å². The number of benzene rings is 2. The van der Waals surface area contributed by atoms with Crippen LogP contribution in [0.25, 0.3) is 0 Å². The van der Waals surface area contributed by atoms with Crippen molar-refractivity contribution >= 4 is 17.5 Å². The zero-order valence-electron chi connectivity index (χ0n) is 10.8. The minimum Gasteiger partial charge on any atom is -0.351 e. The molecule has 1 N–H and O–H groups in total. The number of carbonyl (C=O) groups excluding carboxylic acids is 1. The van der Waals surface area contributed by atoms with E-state index in [1.807, 2.05) is 18.2 Å². The van der Waals surface area contributed by atoms with E-state index in [4.69, 9.17) is 11.6 Å². The van der Waals surface area contributed by atoms with Gasteiger partial charge in [-0.25, -0.2) is 0 Å². The Hall–Kier alpha value is -1.80. The molecule has 0 aromatic heterocycles. The fourth-order valence-corrected chi connectivity index (χ4v) is 2.07. The SMILES string of the molecule is CC(CNC(=O)c1cccc(Cl)c1)c1ccccc1. The lowest BCUT2D eigenvalue weighted by molar-refractivity contribution is 0.0951. The van der Waals surface area contributed by atoms with Gasteiger partial charge in [-0.15, -0.1) is 0 Å². The Morgan fingerprint density at radius 1 is 1.16 bits per heavy atom. The number of rotatable bonds is 4. The third-order valence-corrected chi connectivity index (χ3v) is 3.26. The normalized spacial score (nSPS) is 11.9. The summed E-state index contributed by atoms with van der Waals surface area (Å²) in [6, 6.07) is 17.1. The van der Waals surface area contributed by atoms with Gasteiger partial charge in [-0.3, -0.25) is 4.79 Å². The van der Waals surface area contributed by atoms with Crippen LogP contribution >= 0.6 is 11.6 Å². The molecule has 2 rings (SSSR count). The fourth-order valence-electron chi connectivity index (χ4n) is 1.88. The van der Waals surface area contributed by atoms with Gasteiger partial charge in [0.05, 0.1) is 0 Å². The first-order valence-electron chi connectivity index (χ1n) is 6.25. The third kappa shape index (κ3) is 3.83. The lowest BCUT2D eigenvalue weighted by atomic mass is 10.0. The van der Waals surface area contributed by atoms with Gasteiger partial charge in [0, 0.05) is 17.1 Å². The Morgan fingerprint density at radius 2 is 1.89 bits per heavy atom. The average molecular weight is 274 g/mol. The molecule has 0 fully saturated rings. The molecule has 98 valence electrons. The molecule has 0 saturated carbocycles. The van der Waals surface area contributed by atoms with Gasteiger partial charge in [-0.2, -0.15) is 0 Å². The van der Waals surface area contributed by atoms with Crippen LogP contribution in [0.4, 0.5) is 0 Å². The molecule has 1 atom stereocenters. The molecule has 1 amide bonds. The highest BCUT2D eigenvalue weighted by atomic mass is 35.5. The summed E-state index contributed by atoms with van der Waals surface area (Å²) in [4.78, 5) is 12.0. The van der Waals surface area contributed by atoms with E-state index in [2.05, 4.69) is 24.4 Å². The molecule has 3 heteroatoms. The van der Waals surface area contributed by atoms with E-state index < -0.39 is 0 Å². The maximum absolute atomic E-state index is 12.0. The molecule has 0 heterocycles. The van der Waals surface area contributed by atoms with Crippen molar-refractivity contribution < 1.29 is 4.79 Å². The molecule has 2 aromatic carbocycles. The number of hydrogen-bond acceptors (Lipinski definition) is 1. The van der Waals surface area contributed by atoms with Gasteiger partial charge in [-0.05, 0) is 29.7 Å². The Balaban J connectivity index is 1.94. The highest BCUT2D eigenvalue weighted by Gasteiger charge is 2.09. The summed E-state index contributed by atoms with van der Waals surface area (Å²) in [6.07, 6.45) is 0. The molecule has 0 aliphatic carbocycles. The summed E-state index contributed by atoms with van der Waals surface area (Å²) >= 11 is 5.87. The maximum Gasteiger partial charge on any atom is 0.251 e. The molecular formula is C16H16ClNO. The lowest BCUT2D eigenvalue weighted by Crippen LogP contribution is -2.27. The number of halogens is 1. The maximum atomic E-state index is 12.0. The average Bonchev–Trinajstić information content (AvgIpc) is 2.45. The number of amides is 1. The smallest absolute Gasteiger partial charge is 0.251 e. The van der Waals surface area contributed by atoms with Crippen LogP contribution in [0.5, 0.6) is 0 Å². The predicted octanol–water partition coefficient (Wildman–Crippen LogP) is 3.87. The number of carbonyl (C=O) groups is 1. The van der Waals surface area contributed by atoms with E-state index in [1.165, 1.54) is 5.56 Å². The molecule has 2 aromatic rings. The van der Waals surface area contributed by atoms with Gasteiger partial charge < -0.3 is 5.32 Å². The van der Waals surface area contributed by atoms with Crippen molar-refractivity contribution in [2.24, 2.45) is 0 Å². The molecule has 19 heavy (non-hydrogen) atoms. The van der Waals surface area contributed by atoms with Gasteiger partial charge >= 0.3 is 0 Å². The van der Waals surface area contributed by atoms with Crippen molar-refractivity contribution in [3.8, 4) is 0 Å². The molecular weight excluding hydrogens is 258 g/mol. The summed E-state index contributed by atoms with van der Waals surface area (Å²) in [6.45, 7) is 2.70. The van der Waals surface area contributed by atoms with Crippen molar-refractivity contribution in [3.05, 3.63) is 70.7 Å². The summed E-state index contributed by atoms with van der Waals surface area (Å²) in [5.41, 5.74) is 1.81. The molecule has 0 bridgehead atoms. The van der Waals surface area contributed by atoms with E-state index in [1.54, 1.807) is 24.3 Å². The van der Waals surface area contributed by atoms with Crippen LogP contribution in [-0.4, -0.2) is 12.5 Å². The summed E-state index contributed by atoms with van der Waals surface area (Å²) < 4.78 is 0. The van der Waals surface area contributed by atoms with Crippen molar-refractivity contribution in [1.82, 2.24) is 5.32 Å². The minimum atomic E-state index is -0.0923. The van der Waals surface area contributed by atoms with Gasteiger partial charge in [0.1, 0.15) is 0 Å². The Kier molecular flexibility index (Phi) is 4.58. The summed E-state index contributed by atoms with van der Waals surface area (Å²) in [7, 11) is 0. The first kappa shape index (κ1) is 13.6. The second kappa shape index (κ2) is 6.39. The molecule has 2 nitrogen and oxygen atoms in total. The number of hydrogen-bond donors (Lipinski definition) is 1. The standard InChI is InChI=1S/C16H16ClNO/c1-12(13-6-3-2-4-7-13)11-18-16(19)14-8-5-9-15(17)10-14/h2-10,12H,11H2,1H3,(H,18,19). The first-order chi connectivity index (χ1) is 9.16. The van der Waals surface area contributed by atoms with Crippen LogP contribution in [-0.2, 0) is 0 Å². The zero-order chi connectivity index (χ0) is 13.7. The largest absolute Gasteiger partial charge is 0.351 e. The van der Waals surface area contributed by atoms with E-state index >= 15 is 0 Å². The van der Waals surface area contributed by atoms with Crippen molar-refractivity contribution in [2.75, 3.05) is 6.54 Å². The molecule has 1 unspecified atom stereocenters. The Bertz CT molecular complexity index is 554. The monoisotopic (exact) mass is 273 g/mol. The zero-order valence-corrected chi connectivity index (χ0v) is 11.5. The second-order valence-electron chi connectivity index (χ2n) is 4.53.